The van der Waals surface area contributed by atoms with Crippen molar-refractivity contribution in [2.45, 2.75) is 25.7 Å². The molecular weight excluding hydrogens is 178 g/mol. The van der Waals surface area contributed by atoms with Gasteiger partial charge < -0.3 is 0 Å². The van der Waals surface area contributed by atoms with Crippen LogP contribution in [0.2, 0.25) is 0 Å². The van der Waals surface area contributed by atoms with Gasteiger partial charge in [-0.2, -0.15) is 0 Å². The lowest BCUT2D eigenvalue weighted by molar-refractivity contribution is -0.480. The predicted molar refractivity (Wildman–Crippen MR) is 56.0 cm³/mol. The van der Waals surface area contributed by atoms with Crippen LogP contribution in [0.1, 0.15) is 31.2 Å². The van der Waals surface area contributed by atoms with Crippen LogP contribution >= 0.6 is 0 Å². The van der Waals surface area contributed by atoms with E-state index in [1.54, 1.807) is 0 Å². The van der Waals surface area contributed by atoms with Crippen LogP contribution in [0.5, 0.6) is 0 Å². The molecule has 1 aromatic carbocycles. The van der Waals surface area contributed by atoms with Gasteiger partial charge in [-0.25, -0.2) is 0 Å². The van der Waals surface area contributed by atoms with Gasteiger partial charge in [0.2, 0.25) is 6.54 Å². The fraction of sp³-hybridized carbons (Fsp3) is 0.455. The molecule has 0 heterocycles. The lowest BCUT2D eigenvalue weighted by Gasteiger charge is -2.09. The van der Waals surface area contributed by atoms with Crippen LogP contribution in [0, 0.1) is 10.1 Å². The summed E-state index contributed by atoms with van der Waals surface area (Å²) in [6.07, 6.45) is 1.54. The summed E-state index contributed by atoms with van der Waals surface area (Å²) >= 11 is 0. The summed E-state index contributed by atoms with van der Waals surface area (Å²) in [4.78, 5) is 9.87. The third kappa shape index (κ3) is 3.56. The summed E-state index contributed by atoms with van der Waals surface area (Å²) in [7, 11) is 0. The summed E-state index contributed by atoms with van der Waals surface area (Å²) in [5.74, 6) is 0.413. The molecule has 0 aliphatic carbocycles. The minimum absolute atomic E-state index is 0.0805. The SMILES string of the molecule is CC(CCC[N+](=O)[O-])c1ccccc1. The van der Waals surface area contributed by atoms with Gasteiger partial charge >= 0.3 is 0 Å². The van der Waals surface area contributed by atoms with Crippen LogP contribution in [-0.4, -0.2) is 11.5 Å². The second kappa shape index (κ2) is 5.37. The Balaban J connectivity index is 2.36. The molecule has 0 aliphatic heterocycles. The van der Waals surface area contributed by atoms with Gasteiger partial charge in [0.05, 0.1) is 0 Å². The Kier molecular flexibility index (Phi) is 4.11. The Morgan fingerprint density at radius 2 is 2.00 bits per heavy atom. The highest BCUT2D eigenvalue weighted by atomic mass is 16.6. The molecule has 1 rings (SSSR count). The summed E-state index contributed by atoms with van der Waals surface area (Å²) in [5, 5.41) is 10.1. The summed E-state index contributed by atoms with van der Waals surface area (Å²) in [6.45, 7) is 2.19. The Hall–Kier alpha value is -1.38. The molecule has 0 fully saturated rings. The monoisotopic (exact) mass is 193 g/mol. The smallest absolute Gasteiger partial charge is 0.203 e. The molecule has 0 spiro atoms. The first-order valence-electron chi connectivity index (χ1n) is 4.87. The van der Waals surface area contributed by atoms with Crippen molar-refractivity contribution in [1.29, 1.82) is 0 Å². The van der Waals surface area contributed by atoms with Crippen molar-refractivity contribution in [3.63, 3.8) is 0 Å². The zero-order valence-electron chi connectivity index (χ0n) is 8.35. The maximum atomic E-state index is 10.1. The van der Waals surface area contributed by atoms with Gasteiger partial charge in [0.25, 0.3) is 0 Å². The lowest BCUT2D eigenvalue weighted by atomic mass is 9.96. The van der Waals surface area contributed by atoms with Gasteiger partial charge in [0.15, 0.2) is 0 Å². The fourth-order valence-electron chi connectivity index (χ4n) is 1.47. The van der Waals surface area contributed by atoms with E-state index in [2.05, 4.69) is 19.1 Å². The van der Waals surface area contributed by atoms with Crippen LogP contribution in [0.25, 0.3) is 0 Å². The van der Waals surface area contributed by atoms with Gasteiger partial charge in [-0.15, -0.1) is 0 Å². The molecule has 14 heavy (non-hydrogen) atoms. The zero-order chi connectivity index (χ0) is 10.4. The molecule has 0 amide bonds. The van der Waals surface area contributed by atoms with Crippen LogP contribution in [-0.2, 0) is 0 Å². The molecule has 0 aromatic heterocycles. The van der Waals surface area contributed by atoms with Crippen LogP contribution < -0.4 is 0 Å². The zero-order valence-corrected chi connectivity index (χ0v) is 8.35. The van der Waals surface area contributed by atoms with E-state index in [0.29, 0.717) is 12.3 Å². The number of hydrogen-bond acceptors (Lipinski definition) is 2. The van der Waals surface area contributed by atoms with E-state index in [-0.39, 0.29) is 11.5 Å². The van der Waals surface area contributed by atoms with E-state index >= 15 is 0 Å². The van der Waals surface area contributed by atoms with E-state index in [0.717, 1.165) is 6.42 Å². The van der Waals surface area contributed by atoms with Gasteiger partial charge in [0, 0.05) is 11.3 Å². The van der Waals surface area contributed by atoms with Gasteiger partial charge in [0.1, 0.15) is 0 Å². The molecule has 3 heteroatoms. The second-order valence-corrected chi connectivity index (χ2v) is 3.51. The minimum atomic E-state index is -0.252. The third-order valence-electron chi connectivity index (χ3n) is 2.35. The molecule has 1 atom stereocenters. The van der Waals surface area contributed by atoms with Gasteiger partial charge in [-0.05, 0) is 17.9 Å². The van der Waals surface area contributed by atoms with Crippen molar-refractivity contribution in [3.8, 4) is 0 Å². The van der Waals surface area contributed by atoms with Gasteiger partial charge in [-0.3, -0.25) is 10.1 Å². The standard InChI is InChI=1S/C11H15NO2/c1-10(6-5-9-12(13)14)11-7-3-2-4-8-11/h2-4,7-8,10H,5-6,9H2,1H3. The molecule has 0 N–H and O–H groups in total. The van der Waals surface area contributed by atoms with Crippen molar-refractivity contribution in [1.82, 2.24) is 0 Å². The molecule has 0 radical (unpaired) electrons. The molecule has 76 valence electrons. The highest BCUT2D eigenvalue weighted by Crippen LogP contribution is 2.19. The normalized spacial score (nSPS) is 12.4. The average molecular weight is 193 g/mol. The average Bonchev–Trinajstić information content (AvgIpc) is 2.18. The first-order valence-corrected chi connectivity index (χ1v) is 4.87. The third-order valence-corrected chi connectivity index (χ3v) is 2.35. The quantitative estimate of drug-likeness (QED) is 0.533. The first kappa shape index (κ1) is 10.7. The number of rotatable bonds is 5. The number of benzene rings is 1. The number of hydrogen-bond donors (Lipinski definition) is 0. The largest absolute Gasteiger partial charge is 0.265 e. The molecule has 1 unspecified atom stereocenters. The summed E-state index contributed by atoms with van der Waals surface area (Å²) in [5.41, 5.74) is 1.26. The molecular formula is C11H15NO2. The van der Waals surface area contributed by atoms with Crippen LogP contribution in [0.4, 0.5) is 0 Å². The van der Waals surface area contributed by atoms with Gasteiger partial charge in [-0.1, -0.05) is 37.3 Å². The Morgan fingerprint density at radius 1 is 1.36 bits per heavy atom. The maximum absolute atomic E-state index is 10.1. The predicted octanol–water partition coefficient (Wildman–Crippen LogP) is 2.85. The molecule has 3 nitrogen and oxygen atoms in total. The number of nitro groups is 1. The van der Waals surface area contributed by atoms with Crippen molar-refractivity contribution in [2.75, 3.05) is 6.54 Å². The van der Waals surface area contributed by atoms with Crippen molar-refractivity contribution >= 4 is 0 Å². The first-order chi connectivity index (χ1) is 6.70. The van der Waals surface area contributed by atoms with Crippen molar-refractivity contribution in [2.24, 2.45) is 0 Å². The maximum Gasteiger partial charge on any atom is 0.203 e. The Morgan fingerprint density at radius 3 is 2.57 bits per heavy atom. The Labute approximate surface area is 83.9 Å². The van der Waals surface area contributed by atoms with E-state index in [9.17, 15) is 10.1 Å². The van der Waals surface area contributed by atoms with Crippen molar-refractivity contribution < 1.29 is 4.92 Å². The molecule has 0 saturated carbocycles. The lowest BCUT2D eigenvalue weighted by Crippen LogP contribution is -2.02. The van der Waals surface area contributed by atoms with E-state index in [1.165, 1.54) is 5.56 Å². The number of nitrogens with zero attached hydrogens (tertiary/aromatic N) is 1. The van der Waals surface area contributed by atoms with E-state index in [1.807, 2.05) is 18.2 Å². The summed E-state index contributed by atoms with van der Waals surface area (Å²) in [6, 6.07) is 10.1. The highest BCUT2D eigenvalue weighted by molar-refractivity contribution is 5.18. The highest BCUT2D eigenvalue weighted by Gasteiger charge is 2.06. The second-order valence-electron chi connectivity index (χ2n) is 3.51. The van der Waals surface area contributed by atoms with E-state index in [4.69, 9.17) is 0 Å². The molecule has 0 bridgehead atoms. The van der Waals surface area contributed by atoms with Crippen LogP contribution in [0.3, 0.4) is 0 Å². The topological polar surface area (TPSA) is 43.1 Å². The molecule has 0 aliphatic rings. The van der Waals surface area contributed by atoms with Crippen LogP contribution in [0.15, 0.2) is 30.3 Å². The summed E-state index contributed by atoms with van der Waals surface area (Å²) < 4.78 is 0. The minimum Gasteiger partial charge on any atom is -0.265 e. The molecule has 1 aromatic rings. The fourth-order valence-corrected chi connectivity index (χ4v) is 1.47. The van der Waals surface area contributed by atoms with E-state index < -0.39 is 0 Å². The van der Waals surface area contributed by atoms with Crippen molar-refractivity contribution in [3.05, 3.63) is 46.0 Å². The Bertz CT molecular complexity index is 285. The molecule has 0 saturated heterocycles.